The third-order valence-electron chi connectivity index (χ3n) is 5.73. The van der Waals surface area contributed by atoms with Gasteiger partial charge in [-0.05, 0) is 37.7 Å². The summed E-state index contributed by atoms with van der Waals surface area (Å²) < 4.78 is 10.5. The molecule has 5 rings (SSSR count). The summed E-state index contributed by atoms with van der Waals surface area (Å²) in [6.45, 7) is 2.16. The van der Waals surface area contributed by atoms with Gasteiger partial charge in [0, 0.05) is 37.7 Å². The minimum Gasteiger partial charge on any atom is -0.468 e. The molecule has 1 aromatic heterocycles. The topological polar surface area (TPSA) is 63.0 Å². The van der Waals surface area contributed by atoms with Crippen LogP contribution in [0.15, 0.2) is 16.5 Å². The zero-order chi connectivity index (χ0) is 16.7. The Kier molecular flexibility index (Phi) is 3.98. The smallest absolute Gasteiger partial charge is 0.290 e. The molecule has 4 aliphatic rings. The predicted octanol–water partition coefficient (Wildman–Crippen LogP) is 2.15. The van der Waals surface area contributed by atoms with E-state index in [0.29, 0.717) is 36.6 Å². The van der Waals surface area contributed by atoms with Crippen LogP contribution < -0.4 is 4.74 Å². The van der Waals surface area contributed by atoms with E-state index in [9.17, 15) is 9.59 Å². The van der Waals surface area contributed by atoms with Crippen LogP contribution in [0.25, 0.3) is 0 Å². The van der Waals surface area contributed by atoms with Crippen LogP contribution >= 0.6 is 0 Å². The van der Waals surface area contributed by atoms with Gasteiger partial charge >= 0.3 is 0 Å². The van der Waals surface area contributed by atoms with Gasteiger partial charge in [-0.2, -0.15) is 0 Å². The highest BCUT2D eigenvalue weighted by Crippen LogP contribution is 2.33. The van der Waals surface area contributed by atoms with Crippen LogP contribution in [-0.4, -0.2) is 54.4 Å². The van der Waals surface area contributed by atoms with Gasteiger partial charge in [0.15, 0.2) is 5.76 Å². The Morgan fingerprint density at radius 2 is 1.96 bits per heavy atom. The molecule has 0 aromatic carbocycles. The summed E-state index contributed by atoms with van der Waals surface area (Å²) in [6.07, 6.45) is 5.27. The number of rotatable bonds is 3. The number of ether oxygens (including phenoxy) is 1. The average molecular weight is 332 g/mol. The van der Waals surface area contributed by atoms with Crippen LogP contribution in [0.3, 0.4) is 0 Å². The number of amides is 2. The van der Waals surface area contributed by atoms with Crippen LogP contribution in [0.5, 0.6) is 5.95 Å². The summed E-state index contributed by atoms with van der Waals surface area (Å²) in [4.78, 5) is 29.4. The zero-order valence-electron chi connectivity index (χ0n) is 14.1. The fourth-order valence-electron chi connectivity index (χ4n) is 4.11. The van der Waals surface area contributed by atoms with Gasteiger partial charge in [-0.1, -0.05) is 6.42 Å². The van der Waals surface area contributed by atoms with E-state index >= 15 is 0 Å². The second-order valence-electron chi connectivity index (χ2n) is 7.25. The lowest BCUT2D eigenvalue weighted by Crippen LogP contribution is -2.48. The molecule has 3 aliphatic heterocycles. The van der Waals surface area contributed by atoms with Crippen LogP contribution in [0, 0.1) is 11.8 Å². The molecule has 24 heavy (non-hydrogen) atoms. The first-order valence-corrected chi connectivity index (χ1v) is 8.89. The van der Waals surface area contributed by atoms with Crippen molar-refractivity contribution < 1.29 is 18.7 Å². The molecule has 0 radical (unpaired) electrons. The summed E-state index contributed by atoms with van der Waals surface area (Å²) in [5.74, 6) is 1.46. The highest BCUT2D eigenvalue weighted by atomic mass is 16.6. The monoisotopic (exact) mass is 332 g/mol. The Hall–Kier alpha value is -1.98. The molecule has 4 fully saturated rings. The van der Waals surface area contributed by atoms with E-state index in [4.69, 9.17) is 9.15 Å². The quantitative estimate of drug-likeness (QED) is 0.851. The normalized spacial score (nSPS) is 26.9. The first kappa shape index (κ1) is 15.5. The van der Waals surface area contributed by atoms with Gasteiger partial charge in [-0.3, -0.25) is 9.59 Å². The summed E-state index contributed by atoms with van der Waals surface area (Å²) in [5, 5.41) is 0. The Morgan fingerprint density at radius 1 is 1.12 bits per heavy atom. The van der Waals surface area contributed by atoms with Gasteiger partial charge in [-0.25, -0.2) is 0 Å². The number of carbonyl (C=O) groups is 2. The molecular formula is C18H24N2O4. The van der Waals surface area contributed by atoms with Crippen LogP contribution in [0.2, 0.25) is 0 Å². The van der Waals surface area contributed by atoms with Crippen molar-refractivity contribution in [1.29, 1.82) is 0 Å². The molecule has 1 saturated carbocycles. The summed E-state index contributed by atoms with van der Waals surface area (Å²) in [7, 11) is 1.52. The van der Waals surface area contributed by atoms with E-state index in [1.807, 2.05) is 9.80 Å². The zero-order valence-corrected chi connectivity index (χ0v) is 14.1. The molecule has 3 saturated heterocycles. The number of furan rings is 1. The van der Waals surface area contributed by atoms with E-state index in [1.54, 1.807) is 12.1 Å². The molecule has 1 aromatic rings. The maximum Gasteiger partial charge on any atom is 0.290 e. The number of hydrogen-bond donors (Lipinski definition) is 0. The Bertz CT molecular complexity index is 637. The Morgan fingerprint density at radius 3 is 2.62 bits per heavy atom. The fourth-order valence-corrected chi connectivity index (χ4v) is 4.11. The second kappa shape index (κ2) is 6.15. The van der Waals surface area contributed by atoms with E-state index < -0.39 is 0 Å². The predicted molar refractivity (Wildman–Crippen MR) is 86.7 cm³/mol. The van der Waals surface area contributed by atoms with Gasteiger partial charge in [0.1, 0.15) is 0 Å². The van der Waals surface area contributed by atoms with Crippen molar-refractivity contribution in [2.75, 3.05) is 26.7 Å². The van der Waals surface area contributed by atoms with Gasteiger partial charge in [-0.15, -0.1) is 0 Å². The molecule has 130 valence electrons. The lowest BCUT2D eigenvalue weighted by Gasteiger charge is -2.35. The van der Waals surface area contributed by atoms with Gasteiger partial charge in [0.05, 0.1) is 7.11 Å². The SMILES string of the molecule is COc1ccc(C(=O)N2C[C@H]3CC[C@@H]2CN(C(=O)C2CCC2)C3)o1. The van der Waals surface area contributed by atoms with Crippen LogP contribution in [-0.2, 0) is 4.79 Å². The number of carbonyl (C=O) groups excluding carboxylic acids is 2. The molecule has 0 spiro atoms. The van der Waals surface area contributed by atoms with Crippen molar-refractivity contribution in [3.05, 3.63) is 17.9 Å². The van der Waals surface area contributed by atoms with Gasteiger partial charge in [0.2, 0.25) is 5.91 Å². The Balaban J connectivity index is 1.50. The first-order valence-electron chi connectivity index (χ1n) is 8.89. The Labute approximate surface area is 141 Å². The largest absolute Gasteiger partial charge is 0.468 e. The highest BCUT2D eigenvalue weighted by molar-refractivity contribution is 5.92. The summed E-state index contributed by atoms with van der Waals surface area (Å²) in [5.41, 5.74) is 0. The fraction of sp³-hybridized carbons (Fsp3) is 0.667. The lowest BCUT2D eigenvalue weighted by atomic mass is 9.84. The van der Waals surface area contributed by atoms with Crippen molar-refractivity contribution in [2.24, 2.45) is 11.8 Å². The van der Waals surface area contributed by atoms with Crippen LogP contribution in [0.4, 0.5) is 0 Å². The molecule has 6 nitrogen and oxygen atoms in total. The van der Waals surface area contributed by atoms with E-state index in [-0.39, 0.29) is 17.9 Å². The molecule has 2 atom stereocenters. The summed E-state index contributed by atoms with van der Waals surface area (Å²) >= 11 is 0. The van der Waals surface area contributed by atoms with E-state index in [2.05, 4.69) is 0 Å². The molecule has 2 bridgehead atoms. The minimum atomic E-state index is -0.0917. The third kappa shape index (κ3) is 2.68. The standard InChI is InChI=1S/C18H24N2O4/c1-23-16-8-7-15(24-16)18(22)20-10-12-5-6-14(20)11-19(9-12)17(21)13-3-2-4-13/h7-8,12-14H,2-6,9-11H2,1H3/t12-,14+/m0/s1. The lowest BCUT2D eigenvalue weighted by molar-refractivity contribution is -0.138. The minimum absolute atomic E-state index is 0.0917. The number of hydrogen-bond acceptors (Lipinski definition) is 4. The molecule has 0 N–H and O–H groups in total. The van der Waals surface area contributed by atoms with Crippen molar-refractivity contribution >= 4 is 11.8 Å². The molecule has 6 heteroatoms. The molecular weight excluding hydrogens is 308 g/mol. The molecule has 2 amide bonds. The molecule has 1 aliphatic carbocycles. The number of methoxy groups -OCH3 is 1. The maximum atomic E-state index is 12.8. The van der Waals surface area contributed by atoms with Crippen molar-refractivity contribution in [3.63, 3.8) is 0 Å². The second-order valence-corrected chi connectivity index (χ2v) is 7.25. The van der Waals surface area contributed by atoms with Crippen molar-refractivity contribution in [1.82, 2.24) is 9.80 Å². The summed E-state index contributed by atoms with van der Waals surface area (Å²) in [6, 6.07) is 3.42. The highest BCUT2D eigenvalue weighted by Gasteiger charge is 2.41. The van der Waals surface area contributed by atoms with E-state index in [1.165, 1.54) is 13.5 Å². The van der Waals surface area contributed by atoms with Gasteiger partial charge in [0.25, 0.3) is 11.9 Å². The van der Waals surface area contributed by atoms with E-state index in [0.717, 1.165) is 32.2 Å². The van der Waals surface area contributed by atoms with Crippen molar-refractivity contribution in [3.8, 4) is 5.95 Å². The van der Waals surface area contributed by atoms with Crippen LogP contribution in [0.1, 0.15) is 42.7 Å². The number of nitrogens with zero attached hydrogens (tertiary/aromatic N) is 2. The van der Waals surface area contributed by atoms with Gasteiger partial charge < -0.3 is 19.0 Å². The maximum absolute atomic E-state index is 12.8. The number of piperidine rings is 1. The van der Waals surface area contributed by atoms with Crippen molar-refractivity contribution in [2.45, 2.75) is 38.1 Å². The number of fused-ring (bicyclic) bond motifs is 4. The molecule has 0 unspecified atom stereocenters. The first-order chi connectivity index (χ1) is 11.7. The third-order valence-corrected chi connectivity index (χ3v) is 5.73. The average Bonchev–Trinajstić information content (AvgIpc) is 2.83. The molecule has 4 heterocycles.